The van der Waals surface area contributed by atoms with Crippen LogP contribution in [0.3, 0.4) is 0 Å². The number of benzene rings is 1. The number of carbonyl (C=O) groups is 2. The molecule has 6 heteroatoms. The lowest BCUT2D eigenvalue weighted by atomic mass is 9.88. The average Bonchev–Trinajstić information content (AvgIpc) is 3.23. The molecule has 0 N–H and O–H groups in total. The number of nitrogens with zero attached hydrogens (tertiary/aromatic N) is 2. The quantitative estimate of drug-likeness (QED) is 0.783. The lowest BCUT2D eigenvalue weighted by Crippen LogP contribution is -2.65. The molecule has 124 valence electrons. The highest BCUT2D eigenvalue weighted by Crippen LogP contribution is 2.42. The number of likely N-dealkylation sites (tertiary alicyclic amines) is 1. The minimum atomic E-state index is -0.340. The number of amides is 2. The van der Waals surface area contributed by atoms with Gasteiger partial charge in [0.25, 0.3) is 5.24 Å². The molecule has 1 aromatic heterocycles. The van der Waals surface area contributed by atoms with Gasteiger partial charge in [0.2, 0.25) is 5.91 Å². The Balaban J connectivity index is 1.60. The van der Waals surface area contributed by atoms with E-state index in [-0.39, 0.29) is 23.2 Å². The molecule has 2 atom stereocenters. The van der Waals surface area contributed by atoms with Crippen LogP contribution in [0.5, 0.6) is 0 Å². The minimum absolute atomic E-state index is 0.0311. The molecular formula is C18H18N2O2S2. The van der Waals surface area contributed by atoms with E-state index in [4.69, 9.17) is 0 Å². The molecule has 4 nitrogen and oxygen atoms in total. The first-order chi connectivity index (χ1) is 11.6. The summed E-state index contributed by atoms with van der Waals surface area (Å²) < 4.78 is 0. The number of β-lactam (4-membered cyclic amide) rings is 1. The summed E-state index contributed by atoms with van der Waals surface area (Å²) in [6.45, 7) is 3.31. The summed E-state index contributed by atoms with van der Waals surface area (Å²) in [7, 11) is 0. The summed E-state index contributed by atoms with van der Waals surface area (Å²) >= 11 is 2.94. The van der Waals surface area contributed by atoms with Crippen LogP contribution >= 0.6 is 23.1 Å². The molecule has 3 heterocycles. The van der Waals surface area contributed by atoms with Crippen molar-refractivity contribution in [3.63, 3.8) is 0 Å². The number of hydrogen-bond donors (Lipinski definition) is 0. The number of thioether (sulfide) groups is 1. The summed E-state index contributed by atoms with van der Waals surface area (Å²) in [6, 6.07) is 9.95. The second-order valence-corrected chi connectivity index (χ2v) is 8.03. The summed E-state index contributed by atoms with van der Waals surface area (Å²) in [5, 5.41) is 4.14. The molecule has 4 rings (SSSR count). The number of carbonyl (C=O) groups excluding carboxylic acids is 2. The molecule has 2 aliphatic heterocycles. The van der Waals surface area contributed by atoms with Gasteiger partial charge >= 0.3 is 0 Å². The van der Waals surface area contributed by atoms with Crippen LogP contribution in [-0.4, -0.2) is 39.3 Å². The molecule has 2 aliphatic rings. The van der Waals surface area contributed by atoms with E-state index in [0.29, 0.717) is 13.1 Å². The van der Waals surface area contributed by atoms with Crippen LogP contribution in [0.15, 0.2) is 41.1 Å². The van der Waals surface area contributed by atoms with Crippen molar-refractivity contribution < 1.29 is 9.59 Å². The van der Waals surface area contributed by atoms with E-state index in [1.54, 1.807) is 16.2 Å². The fourth-order valence-corrected chi connectivity index (χ4v) is 4.89. The zero-order valence-corrected chi connectivity index (χ0v) is 15.0. The summed E-state index contributed by atoms with van der Waals surface area (Å²) in [4.78, 5) is 28.5. The van der Waals surface area contributed by atoms with Gasteiger partial charge in [0.05, 0.1) is 6.04 Å². The van der Waals surface area contributed by atoms with Crippen LogP contribution < -0.4 is 0 Å². The largest absolute Gasteiger partial charge is 0.327 e. The molecule has 0 unspecified atom stereocenters. The second kappa shape index (κ2) is 6.26. The van der Waals surface area contributed by atoms with Crippen LogP contribution in [-0.2, 0) is 11.3 Å². The fourth-order valence-electron chi connectivity index (χ4n) is 3.36. The molecule has 0 saturated carbocycles. The number of hydrogen-bond acceptors (Lipinski definition) is 4. The Bertz CT molecular complexity index is 758. The number of thiophene rings is 1. The summed E-state index contributed by atoms with van der Waals surface area (Å²) in [5.74, 6) is 0.833. The second-order valence-electron chi connectivity index (χ2n) is 6.21. The van der Waals surface area contributed by atoms with Gasteiger partial charge < -0.3 is 9.80 Å². The van der Waals surface area contributed by atoms with E-state index in [0.717, 1.165) is 16.9 Å². The Morgan fingerprint density at radius 1 is 1.12 bits per heavy atom. The van der Waals surface area contributed by atoms with Crippen molar-refractivity contribution in [2.75, 3.05) is 12.3 Å². The Labute approximate surface area is 149 Å². The Hall–Kier alpha value is -1.79. The molecule has 24 heavy (non-hydrogen) atoms. The zero-order chi connectivity index (χ0) is 16.7. The molecule has 2 fully saturated rings. The lowest BCUT2D eigenvalue weighted by molar-refractivity contribution is -0.158. The maximum atomic E-state index is 12.8. The van der Waals surface area contributed by atoms with Crippen molar-refractivity contribution >= 4 is 34.2 Å². The highest BCUT2D eigenvalue weighted by Gasteiger charge is 2.53. The Morgan fingerprint density at radius 2 is 1.92 bits per heavy atom. The van der Waals surface area contributed by atoms with Crippen molar-refractivity contribution in [2.24, 2.45) is 0 Å². The minimum Gasteiger partial charge on any atom is -0.327 e. The van der Waals surface area contributed by atoms with E-state index in [1.807, 2.05) is 10.3 Å². The van der Waals surface area contributed by atoms with Gasteiger partial charge in [0, 0.05) is 18.8 Å². The van der Waals surface area contributed by atoms with Gasteiger partial charge in [-0.15, -0.1) is 0 Å². The van der Waals surface area contributed by atoms with Crippen molar-refractivity contribution in [3.8, 4) is 0 Å². The van der Waals surface area contributed by atoms with Gasteiger partial charge in [-0.25, -0.2) is 0 Å². The molecule has 2 saturated heterocycles. The predicted octanol–water partition coefficient (Wildman–Crippen LogP) is 3.68. The van der Waals surface area contributed by atoms with Crippen molar-refractivity contribution in [1.82, 2.24) is 9.80 Å². The van der Waals surface area contributed by atoms with Crippen molar-refractivity contribution in [1.29, 1.82) is 0 Å². The maximum absolute atomic E-state index is 12.8. The summed E-state index contributed by atoms with van der Waals surface area (Å²) in [5.41, 5.74) is 3.46. The van der Waals surface area contributed by atoms with Crippen molar-refractivity contribution in [3.05, 3.63) is 57.8 Å². The first kappa shape index (κ1) is 15.7. The third-order valence-electron chi connectivity index (χ3n) is 4.66. The molecule has 0 bridgehead atoms. The molecule has 2 amide bonds. The molecule has 0 aliphatic carbocycles. The number of rotatable bonds is 4. The standard InChI is InChI=1S/C18H18N2O2S2/c1-12-2-4-13(5-3-12)10-20-15(14-6-8-23-11-14)16(17(20)21)19-7-9-24-18(19)22/h2-6,8,11,15-16H,7,9-10H2,1H3/t15-,16+/m0/s1. The van der Waals surface area contributed by atoms with Crippen molar-refractivity contribution in [2.45, 2.75) is 25.6 Å². The maximum Gasteiger partial charge on any atom is 0.282 e. The highest BCUT2D eigenvalue weighted by atomic mass is 32.2. The summed E-state index contributed by atoms with van der Waals surface area (Å²) in [6.07, 6.45) is 0. The van der Waals surface area contributed by atoms with E-state index in [1.165, 1.54) is 17.3 Å². The van der Waals surface area contributed by atoms with Crippen LogP contribution in [0.25, 0.3) is 0 Å². The van der Waals surface area contributed by atoms with Gasteiger partial charge in [-0.1, -0.05) is 41.6 Å². The lowest BCUT2D eigenvalue weighted by Gasteiger charge is -2.50. The van der Waals surface area contributed by atoms with Crippen LogP contribution in [0.2, 0.25) is 0 Å². The van der Waals surface area contributed by atoms with Gasteiger partial charge in [-0.2, -0.15) is 11.3 Å². The van der Waals surface area contributed by atoms with Gasteiger partial charge in [-0.05, 0) is 34.9 Å². The van der Waals surface area contributed by atoms with E-state index in [2.05, 4.69) is 42.6 Å². The Kier molecular flexibility index (Phi) is 4.10. The molecule has 2 aromatic rings. The predicted molar refractivity (Wildman–Crippen MR) is 97.1 cm³/mol. The van der Waals surface area contributed by atoms with Gasteiger partial charge in [-0.3, -0.25) is 9.59 Å². The Morgan fingerprint density at radius 3 is 2.54 bits per heavy atom. The third kappa shape index (κ3) is 2.63. The van der Waals surface area contributed by atoms with Crippen LogP contribution in [0.1, 0.15) is 22.7 Å². The van der Waals surface area contributed by atoms with E-state index >= 15 is 0 Å². The first-order valence-corrected chi connectivity index (χ1v) is 9.89. The van der Waals surface area contributed by atoms with Crippen LogP contribution in [0, 0.1) is 6.92 Å². The monoisotopic (exact) mass is 358 g/mol. The molecule has 1 aromatic carbocycles. The normalized spacial score (nSPS) is 23.7. The highest BCUT2D eigenvalue weighted by molar-refractivity contribution is 8.13. The first-order valence-electron chi connectivity index (χ1n) is 7.96. The van der Waals surface area contributed by atoms with Gasteiger partial charge in [0.15, 0.2) is 0 Å². The van der Waals surface area contributed by atoms with E-state index in [9.17, 15) is 9.59 Å². The third-order valence-corrected chi connectivity index (χ3v) is 6.23. The van der Waals surface area contributed by atoms with Crippen LogP contribution in [0.4, 0.5) is 4.79 Å². The molecular weight excluding hydrogens is 340 g/mol. The molecule has 0 radical (unpaired) electrons. The molecule has 0 spiro atoms. The van der Waals surface area contributed by atoms with Gasteiger partial charge in [0.1, 0.15) is 6.04 Å². The SMILES string of the molecule is Cc1ccc(CN2C(=O)[C@H](N3CCSC3=O)[C@@H]2c2ccsc2)cc1. The zero-order valence-electron chi connectivity index (χ0n) is 13.3. The smallest absolute Gasteiger partial charge is 0.282 e. The average molecular weight is 358 g/mol. The number of aryl methyl sites for hydroxylation is 1. The topological polar surface area (TPSA) is 40.6 Å². The fraction of sp³-hybridized carbons (Fsp3) is 0.333. The van der Waals surface area contributed by atoms with E-state index < -0.39 is 0 Å².